The Morgan fingerprint density at radius 2 is 1.56 bits per heavy atom. The van der Waals surface area contributed by atoms with E-state index in [1.807, 2.05) is 40.8 Å². The lowest BCUT2D eigenvalue weighted by atomic mass is 10.1. The summed E-state index contributed by atoms with van der Waals surface area (Å²) in [7, 11) is 3.64. The summed E-state index contributed by atoms with van der Waals surface area (Å²) in [5, 5.41) is 6.98. The molecule has 2 aromatic rings. The Morgan fingerprint density at radius 3 is 2.04 bits per heavy atom. The number of aryl methyl sites for hydroxylation is 2. The second-order valence-electron chi connectivity index (χ2n) is 6.87. The molecule has 2 aromatic heterocycles. The molecule has 0 saturated carbocycles. The normalized spacial score (nSPS) is 14.1. The maximum Gasteiger partial charge on any atom is 0.226 e. The van der Waals surface area contributed by atoms with Gasteiger partial charge in [0.15, 0.2) is 5.65 Å². The van der Waals surface area contributed by atoms with Crippen molar-refractivity contribution in [2.24, 2.45) is 0 Å². The van der Waals surface area contributed by atoms with Gasteiger partial charge in [-0.05, 0) is 65.3 Å². The van der Waals surface area contributed by atoms with Crippen LogP contribution in [0.25, 0.3) is 11.0 Å². The van der Waals surface area contributed by atoms with Crippen LogP contribution < -0.4 is 10.6 Å². The van der Waals surface area contributed by atoms with E-state index in [2.05, 4.69) is 44.3 Å². The Morgan fingerprint density at radius 1 is 0.926 bits per heavy atom. The third-order valence-electron chi connectivity index (χ3n) is 4.57. The first-order valence-corrected chi connectivity index (χ1v) is 10.2. The minimum Gasteiger partial charge on any atom is -0.372 e. The predicted molar refractivity (Wildman–Crippen MR) is 118 cm³/mol. The molecule has 1 aliphatic heterocycles. The average molecular weight is 375 g/mol. The first-order valence-electron chi connectivity index (χ1n) is 10.2. The van der Waals surface area contributed by atoms with Gasteiger partial charge in [0.25, 0.3) is 0 Å². The molecule has 0 unspecified atom stereocenters. The molecule has 152 valence electrons. The van der Waals surface area contributed by atoms with E-state index in [9.17, 15) is 0 Å². The molecule has 0 radical (unpaired) electrons. The van der Waals surface area contributed by atoms with Crippen LogP contribution in [0.5, 0.6) is 0 Å². The zero-order valence-electron chi connectivity index (χ0n) is 18.5. The van der Waals surface area contributed by atoms with Crippen molar-refractivity contribution in [3.63, 3.8) is 0 Å². The number of piperidine rings is 1. The number of nitrogens with zero attached hydrogens (tertiary/aromatic N) is 4. The molecule has 6 heteroatoms. The minimum atomic E-state index is 0.578. The number of likely N-dealkylation sites (tertiary alicyclic amines) is 1. The highest BCUT2D eigenvalue weighted by Gasteiger charge is 2.12. The van der Waals surface area contributed by atoms with Crippen molar-refractivity contribution in [3.8, 4) is 0 Å². The van der Waals surface area contributed by atoms with E-state index >= 15 is 0 Å². The highest BCUT2D eigenvalue weighted by atomic mass is 15.1. The van der Waals surface area contributed by atoms with Gasteiger partial charge in [0.1, 0.15) is 5.82 Å². The van der Waals surface area contributed by atoms with Crippen molar-refractivity contribution >= 4 is 22.8 Å². The van der Waals surface area contributed by atoms with Gasteiger partial charge < -0.3 is 15.5 Å². The molecular formula is C21H38N6. The predicted octanol–water partition coefficient (Wildman–Crippen LogP) is 4.63. The highest BCUT2D eigenvalue weighted by molar-refractivity contribution is 5.90. The van der Waals surface area contributed by atoms with Crippen LogP contribution in [-0.2, 0) is 0 Å². The van der Waals surface area contributed by atoms with Gasteiger partial charge in [-0.15, -0.1) is 0 Å². The molecule has 2 N–H and O–H groups in total. The van der Waals surface area contributed by atoms with Gasteiger partial charge in [0, 0.05) is 25.8 Å². The third kappa shape index (κ3) is 6.61. The molecule has 0 atom stereocenters. The van der Waals surface area contributed by atoms with Gasteiger partial charge >= 0.3 is 0 Å². The van der Waals surface area contributed by atoms with Crippen LogP contribution in [0, 0.1) is 13.8 Å². The number of fused-ring (bicyclic) bond motifs is 1. The summed E-state index contributed by atoms with van der Waals surface area (Å²) in [5.41, 5.74) is 2.82. The van der Waals surface area contributed by atoms with Gasteiger partial charge in [0.2, 0.25) is 5.95 Å². The Labute approximate surface area is 165 Å². The van der Waals surface area contributed by atoms with Gasteiger partial charge in [-0.2, -0.15) is 9.97 Å². The van der Waals surface area contributed by atoms with Crippen molar-refractivity contribution in [1.29, 1.82) is 0 Å². The smallest absolute Gasteiger partial charge is 0.226 e. The quantitative estimate of drug-likeness (QED) is 0.816. The Balaban J connectivity index is 0.000000282. The summed E-state index contributed by atoms with van der Waals surface area (Å²) >= 11 is 0. The number of nitrogens with one attached hydrogen (secondary N) is 2. The number of anilines is 2. The Hall–Kier alpha value is -1.95. The summed E-state index contributed by atoms with van der Waals surface area (Å²) in [6.07, 6.45) is 4.28. The van der Waals surface area contributed by atoms with E-state index in [1.54, 1.807) is 7.05 Å². The van der Waals surface area contributed by atoms with E-state index in [-0.39, 0.29) is 0 Å². The van der Waals surface area contributed by atoms with Gasteiger partial charge in [-0.1, -0.05) is 20.3 Å². The van der Waals surface area contributed by atoms with E-state index < -0.39 is 0 Å². The second-order valence-corrected chi connectivity index (χ2v) is 6.87. The van der Waals surface area contributed by atoms with E-state index in [4.69, 9.17) is 0 Å². The second kappa shape index (κ2) is 11.7. The van der Waals surface area contributed by atoms with Crippen LogP contribution in [0.1, 0.15) is 58.2 Å². The van der Waals surface area contributed by atoms with Crippen molar-refractivity contribution in [2.75, 3.05) is 37.8 Å². The maximum absolute atomic E-state index is 4.42. The molecule has 27 heavy (non-hydrogen) atoms. The summed E-state index contributed by atoms with van der Waals surface area (Å²) in [4.78, 5) is 15.7. The zero-order valence-corrected chi connectivity index (χ0v) is 18.5. The topological polar surface area (TPSA) is 66.0 Å². The van der Waals surface area contributed by atoms with Crippen molar-refractivity contribution in [1.82, 2.24) is 19.9 Å². The molecule has 3 rings (SSSR count). The van der Waals surface area contributed by atoms with Crippen LogP contribution in [0.2, 0.25) is 0 Å². The molecule has 0 bridgehead atoms. The highest BCUT2D eigenvalue weighted by Crippen LogP contribution is 2.24. The Kier molecular flexibility index (Phi) is 10.0. The SMILES string of the molecule is CC.CC(C)N1CCCCC1.CNc1nc(NC)c2c(C)cc(C)nc2n1. The molecule has 1 aliphatic rings. The van der Waals surface area contributed by atoms with E-state index in [0.29, 0.717) is 5.95 Å². The average Bonchev–Trinajstić information content (AvgIpc) is 2.69. The lowest BCUT2D eigenvalue weighted by Gasteiger charge is -2.29. The first kappa shape index (κ1) is 23.1. The van der Waals surface area contributed by atoms with Crippen molar-refractivity contribution < 1.29 is 0 Å². The van der Waals surface area contributed by atoms with E-state index in [1.165, 1.54) is 32.4 Å². The van der Waals surface area contributed by atoms with Crippen LogP contribution in [-0.4, -0.2) is 53.1 Å². The summed E-state index contributed by atoms with van der Waals surface area (Å²) in [6.45, 7) is 15.2. The van der Waals surface area contributed by atoms with E-state index in [0.717, 1.165) is 34.2 Å². The third-order valence-corrected chi connectivity index (χ3v) is 4.57. The number of pyridine rings is 1. The van der Waals surface area contributed by atoms with Gasteiger partial charge in [-0.25, -0.2) is 4.98 Å². The zero-order chi connectivity index (χ0) is 20.4. The fraction of sp³-hybridized carbons (Fsp3) is 0.667. The molecular weight excluding hydrogens is 336 g/mol. The Bertz CT molecular complexity index is 693. The molecule has 3 heterocycles. The maximum atomic E-state index is 4.42. The summed E-state index contributed by atoms with van der Waals surface area (Å²) in [6, 6.07) is 2.80. The number of rotatable bonds is 3. The lowest BCUT2D eigenvalue weighted by molar-refractivity contribution is 0.185. The molecule has 1 fully saturated rings. The summed E-state index contributed by atoms with van der Waals surface area (Å²) in [5.74, 6) is 1.38. The molecule has 0 spiro atoms. The first-order chi connectivity index (χ1) is 13.0. The van der Waals surface area contributed by atoms with Crippen LogP contribution >= 0.6 is 0 Å². The standard InChI is InChI=1S/C11H15N5.C8H17N.C2H6/c1-6-5-7(2)14-10-8(6)9(12-3)15-11(13-4)16-10;1-8(2)9-6-4-3-5-7-9;1-2/h5H,1-4H3,(H2,12,13,14,15,16);8H,3-7H2,1-2H3;1-2H3. The molecule has 6 nitrogen and oxygen atoms in total. The minimum absolute atomic E-state index is 0.578. The fourth-order valence-corrected chi connectivity index (χ4v) is 3.21. The number of hydrogen-bond donors (Lipinski definition) is 2. The van der Waals surface area contributed by atoms with Gasteiger partial charge in [0.05, 0.1) is 5.39 Å². The van der Waals surface area contributed by atoms with Crippen LogP contribution in [0.4, 0.5) is 11.8 Å². The molecule has 0 aromatic carbocycles. The van der Waals surface area contributed by atoms with Crippen molar-refractivity contribution in [3.05, 3.63) is 17.3 Å². The fourth-order valence-electron chi connectivity index (χ4n) is 3.21. The largest absolute Gasteiger partial charge is 0.372 e. The molecule has 0 amide bonds. The van der Waals surface area contributed by atoms with Crippen molar-refractivity contribution in [2.45, 2.75) is 66.8 Å². The molecule has 1 saturated heterocycles. The number of aromatic nitrogens is 3. The number of hydrogen-bond acceptors (Lipinski definition) is 6. The van der Waals surface area contributed by atoms with Crippen LogP contribution in [0.3, 0.4) is 0 Å². The molecule has 0 aliphatic carbocycles. The van der Waals surface area contributed by atoms with Crippen LogP contribution in [0.15, 0.2) is 6.07 Å². The lowest BCUT2D eigenvalue weighted by Crippen LogP contribution is -2.35. The monoisotopic (exact) mass is 374 g/mol. The summed E-state index contributed by atoms with van der Waals surface area (Å²) < 4.78 is 0. The van der Waals surface area contributed by atoms with Gasteiger partial charge in [-0.3, -0.25) is 0 Å².